The van der Waals surface area contributed by atoms with Crippen molar-refractivity contribution in [1.82, 2.24) is 15.1 Å². The van der Waals surface area contributed by atoms with E-state index in [9.17, 15) is 4.79 Å². The van der Waals surface area contributed by atoms with Crippen molar-refractivity contribution in [2.24, 2.45) is 7.05 Å². The van der Waals surface area contributed by atoms with Gasteiger partial charge in [0.25, 0.3) is 5.91 Å². The second kappa shape index (κ2) is 5.04. The summed E-state index contributed by atoms with van der Waals surface area (Å²) in [7, 11) is 1.86. The largest absolute Gasteiger partial charge is 0.345 e. The molecule has 1 aromatic carbocycles. The molecule has 0 aliphatic carbocycles. The lowest BCUT2D eigenvalue weighted by atomic mass is 10.1. The SMILES string of the molecule is Cc1ccccc1C(=O)NC(C)c1cnn(C)c1. The summed E-state index contributed by atoms with van der Waals surface area (Å²) in [6, 6.07) is 7.52. The predicted octanol–water partition coefficient (Wildman–Crippen LogP) is 2.22. The van der Waals surface area contributed by atoms with Crippen LogP contribution in [-0.2, 0) is 7.05 Å². The van der Waals surface area contributed by atoms with Gasteiger partial charge in [0.15, 0.2) is 0 Å². The summed E-state index contributed by atoms with van der Waals surface area (Å²) in [4.78, 5) is 12.1. The van der Waals surface area contributed by atoms with Gasteiger partial charge in [-0.2, -0.15) is 5.10 Å². The monoisotopic (exact) mass is 243 g/mol. The second-order valence-corrected chi connectivity index (χ2v) is 4.46. The summed E-state index contributed by atoms with van der Waals surface area (Å²) in [6.45, 7) is 3.89. The maximum absolute atomic E-state index is 12.1. The molecule has 0 aliphatic heterocycles. The number of hydrogen-bond acceptors (Lipinski definition) is 2. The van der Waals surface area contributed by atoms with Crippen LogP contribution in [0.1, 0.15) is 34.5 Å². The van der Waals surface area contributed by atoms with E-state index in [-0.39, 0.29) is 11.9 Å². The van der Waals surface area contributed by atoms with Gasteiger partial charge in [-0.25, -0.2) is 0 Å². The van der Waals surface area contributed by atoms with E-state index in [0.717, 1.165) is 11.1 Å². The van der Waals surface area contributed by atoms with Crippen molar-refractivity contribution in [3.8, 4) is 0 Å². The van der Waals surface area contributed by atoms with Crippen molar-refractivity contribution in [1.29, 1.82) is 0 Å². The first-order chi connectivity index (χ1) is 8.58. The third-order valence-corrected chi connectivity index (χ3v) is 2.96. The lowest BCUT2D eigenvalue weighted by Crippen LogP contribution is -2.27. The molecule has 94 valence electrons. The molecule has 1 unspecified atom stereocenters. The van der Waals surface area contributed by atoms with E-state index in [1.54, 1.807) is 10.9 Å². The van der Waals surface area contributed by atoms with Crippen molar-refractivity contribution in [2.45, 2.75) is 19.9 Å². The van der Waals surface area contributed by atoms with Gasteiger partial charge in [-0.15, -0.1) is 0 Å². The molecule has 0 aliphatic rings. The van der Waals surface area contributed by atoms with Crippen LogP contribution >= 0.6 is 0 Å². The molecule has 0 fully saturated rings. The lowest BCUT2D eigenvalue weighted by molar-refractivity contribution is 0.0939. The highest BCUT2D eigenvalue weighted by Gasteiger charge is 2.13. The number of aromatic nitrogens is 2. The number of carbonyl (C=O) groups is 1. The molecule has 1 amide bonds. The molecular weight excluding hydrogens is 226 g/mol. The Morgan fingerprint density at radius 1 is 1.39 bits per heavy atom. The minimum atomic E-state index is -0.0514. The van der Waals surface area contributed by atoms with Gasteiger partial charge in [0.1, 0.15) is 0 Å². The Morgan fingerprint density at radius 2 is 2.11 bits per heavy atom. The van der Waals surface area contributed by atoms with Gasteiger partial charge in [0, 0.05) is 24.4 Å². The summed E-state index contributed by atoms with van der Waals surface area (Å²) in [5.74, 6) is -0.0514. The maximum atomic E-state index is 12.1. The Labute approximate surface area is 107 Å². The molecule has 18 heavy (non-hydrogen) atoms. The van der Waals surface area contributed by atoms with Crippen LogP contribution in [0.2, 0.25) is 0 Å². The van der Waals surface area contributed by atoms with Crippen LogP contribution in [0.4, 0.5) is 0 Å². The molecule has 4 heteroatoms. The number of aryl methyl sites for hydroxylation is 2. The van der Waals surface area contributed by atoms with Gasteiger partial charge in [0.05, 0.1) is 12.2 Å². The van der Waals surface area contributed by atoms with Crippen LogP contribution < -0.4 is 5.32 Å². The number of nitrogens with zero attached hydrogens (tertiary/aromatic N) is 2. The zero-order valence-corrected chi connectivity index (χ0v) is 10.8. The Hall–Kier alpha value is -2.10. The fourth-order valence-electron chi connectivity index (χ4n) is 1.85. The number of hydrogen-bond donors (Lipinski definition) is 1. The Morgan fingerprint density at radius 3 is 2.72 bits per heavy atom. The summed E-state index contributed by atoms with van der Waals surface area (Å²) in [5, 5.41) is 7.07. The highest BCUT2D eigenvalue weighted by molar-refractivity contribution is 5.95. The smallest absolute Gasteiger partial charge is 0.252 e. The third kappa shape index (κ3) is 2.59. The fourth-order valence-corrected chi connectivity index (χ4v) is 1.85. The van der Waals surface area contributed by atoms with E-state index in [4.69, 9.17) is 0 Å². The summed E-state index contributed by atoms with van der Waals surface area (Å²) >= 11 is 0. The maximum Gasteiger partial charge on any atom is 0.252 e. The molecule has 0 saturated heterocycles. The van der Waals surface area contributed by atoms with Crippen LogP contribution in [0.15, 0.2) is 36.7 Å². The van der Waals surface area contributed by atoms with Gasteiger partial charge in [-0.1, -0.05) is 18.2 Å². The number of rotatable bonds is 3. The van der Waals surface area contributed by atoms with Gasteiger partial charge < -0.3 is 5.32 Å². The molecular formula is C14H17N3O. The summed E-state index contributed by atoms with van der Waals surface area (Å²) < 4.78 is 1.73. The summed E-state index contributed by atoms with van der Waals surface area (Å²) in [5.41, 5.74) is 2.70. The predicted molar refractivity (Wildman–Crippen MR) is 70.3 cm³/mol. The minimum absolute atomic E-state index is 0.0502. The van der Waals surface area contributed by atoms with Crippen molar-refractivity contribution in [2.75, 3.05) is 0 Å². The Balaban J connectivity index is 2.10. The fraction of sp³-hybridized carbons (Fsp3) is 0.286. The summed E-state index contributed by atoms with van der Waals surface area (Å²) in [6.07, 6.45) is 3.67. The van der Waals surface area contributed by atoms with E-state index in [0.29, 0.717) is 5.56 Å². The van der Waals surface area contributed by atoms with E-state index < -0.39 is 0 Å². The molecule has 4 nitrogen and oxygen atoms in total. The van der Waals surface area contributed by atoms with Crippen LogP contribution in [0.25, 0.3) is 0 Å². The van der Waals surface area contributed by atoms with E-state index in [2.05, 4.69) is 10.4 Å². The van der Waals surface area contributed by atoms with Crippen LogP contribution in [-0.4, -0.2) is 15.7 Å². The third-order valence-electron chi connectivity index (χ3n) is 2.96. The topological polar surface area (TPSA) is 46.9 Å². The highest BCUT2D eigenvalue weighted by atomic mass is 16.1. The van der Waals surface area contributed by atoms with Gasteiger partial charge in [0.2, 0.25) is 0 Å². The first kappa shape index (κ1) is 12.4. The van der Waals surface area contributed by atoms with Crippen LogP contribution in [0.3, 0.4) is 0 Å². The number of nitrogens with one attached hydrogen (secondary N) is 1. The zero-order valence-electron chi connectivity index (χ0n) is 10.8. The normalized spacial score (nSPS) is 12.2. The average molecular weight is 243 g/mol. The van der Waals surface area contributed by atoms with Crippen LogP contribution in [0.5, 0.6) is 0 Å². The van der Waals surface area contributed by atoms with Crippen molar-refractivity contribution in [3.05, 3.63) is 53.3 Å². The molecule has 1 N–H and O–H groups in total. The molecule has 0 spiro atoms. The number of carbonyl (C=O) groups excluding carboxylic acids is 1. The van der Waals surface area contributed by atoms with E-state index >= 15 is 0 Å². The molecule has 0 saturated carbocycles. The Kier molecular flexibility index (Phi) is 3.46. The number of amides is 1. The van der Waals surface area contributed by atoms with Gasteiger partial charge in [-0.3, -0.25) is 9.48 Å². The quantitative estimate of drug-likeness (QED) is 0.898. The second-order valence-electron chi connectivity index (χ2n) is 4.46. The zero-order chi connectivity index (χ0) is 13.1. The average Bonchev–Trinajstić information content (AvgIpc) is 2.76. The highest BCUT2D eigenvalue weighted by Crippen LogP contribution is 2.13. The van der Waals surface area contributed by atoms with Crippen LogP contribution in [0, 0.1) is 6.92 Å². The first-order valence-corrected chi connectivity index (χ1v) is 5.93. The van der Waals surface area contributed by atoms with Crippen molar-refractivity contribution in [3.63, 3.8) is 0 Å². The standard InChI is InChI=1S/C14H17N3O/c1-10-6-4-5-7-13(10)14(18)16-11(2)12-8-15-17(3)9-12/h4-9,11H,1-3H3,(H,16,18). The molecule has 0 bridgehead atoms. The molecule has 1 aromatic heterocycles. The first-order valence-electron chi connectivity index (χ1n) is 5.93. The van der Waals surface area contributed by atoms with Crippen molar-refractivity contribution >= 4 is 5.91 Å². The molecule has 1 atom stereocenters. The van der Waals surface area contributed by atoms with E-state index in [1.807, 2.05) is 51.4 Å². The molecule has 2 rings (SSSR count). The van der Waals surface area contributed by atoms with E-state index in [1.165, 1.54) is 0 Å². The van der Waals surface area contributed by atoms with Gasteiger partial charge >= 0.3 is 0 Å². The lowest BCUT2D eigenvalue weighted by Gasteiger charge is -2.13. The molecule has 2 aromatic rings. The van der Waals surface area contributed by atoms with Gasteiger partial charge in [-0.05, 0) is 25.5 Å². The number of benzene rings is 1. The van der Waals surface area contributed by atoms with Crippen molar-refractivity contribution < 1.29 is 4.79 Å². The molecule has 0 radical (unpaired) electrons. The molecule has 1 heterocycles. The minimum Gasteiger partial charge on any atom is -0.345 e. The Bertz CT molecular complexity index is 560.